The number of ether oxygens (including phenoxy) is 1. The molecule has 0 N–H and O–H groups in total. The van der Waals surface area contributed by atoms with Gasteiger partial charge in [-0.1, -0.05) is 35.4 Å². The van der Waals surface area contributed by atoms with Gasteiger partial charge in [0.15, 0.2) is 0 Å². The predicted molar refractivity (Wildman–Crippen MR) is 89.4 cm³/mol. The first-order valence-corrected chi connectivity index (χ1v) is 8.11. The van der Waals surface area contributed by atoms with E-state index in [2.05, 4.69) is 0 Å². The van der Waals surface area contributed by atoms with Gasteiger partial charge >= 0.3 is 6.03 Å². The SMILES string of the molecule is CC(C)Oc1cc(N2C(=O)C3CC=CCN3C2=O)c(Cl)cc1Cl. The van der Waals surface area contributed by atoms with Crippen molar-refractivity contribution in [2.75, 3.05) is 11.4 Å². The van der Waals surface area contributed by atoms with Crippen molar-refractivity contribution < 1.29 is 14.3 Å². The molecule has 0 aliphatic carbocycles. The second-order valence-electron chi connectivity index (χ2n) is 5.73. The summed E-state index contributed by atoms with van der Waals surface area (Å²) >= 11 is 12.4. The van der Waals surface area contributed by atoms with E-state index >= 15 is 0 Å². The highest BCUT2D eigenvalue weighted by atomic mass is 35.5. The van der Waals surface area contributed by atoms with Gasteiger partial charge in [0.05, 0.1) is 21.8 Å². The highest BCUT2D eigenvalue weighted by Gasteiger charge is 2.46. The third kappa shape index (κ3) is 2.79. The van der Waals surface area contributed by atoms with E-state index in [1.54, 1.807) is 6.07 Å². The van der Waals surface area contributed by atoms with Crippen molar-refractivity contribution in [3.05, 3.63) is 34.3 Å². The zero-order valence-electron chi connectivity index (χ0n) is 12.8. The first kappa shape index (κ1) is 16.1. The molecule has 3 rings (SSSR count). The van der Waals surface area contributed by atoms with Crippen LogP contribution in [0.3, 0.4) is 0 Å². The van der Waals surface area contributed by atoms with Crippen molar-refractivity contribution in [2.24, 2.45) is 0 Å². The molecule has 1 unspecified atom stereocenters. The van der Waals surface area contributed by atoms with Gasteiger partial charge < -0.3 is 9.64 Å². The van der Waals surface area contributed by atoms with Crippen LogP contribution in [0.4, 0.5) is 10.5 Å². The van der Waals surface area contributed by atoms with Crippen LogP contribution in [0.5, 0.6) is 5.75 Å². The molecular formula is C16H16Cl2N2O3. The van der Waals surface area contributed by atoms with E-state index in [9.17, 15) is 9.59 Å². The number of benzene rings is 1. The van der Waals surface area contributed by atoms with Gasteiger partial charge in [-0.25, -0.2) is 9.69 Å². The van der Waals surface area contributed by atoms with E-state index in [1.165, 1.54) is 11.0 Å². The Morgan fingerprint density at radius 2 is 1.91 bits per heavy atom. The van der Waals surface area contributed by atoms with Gasteiger partial charge in [-0.15, -0.1) is 0 Å². The number of carbonyl (C=O) groups excluding carboxylic acids is 2. The predicted octanol–water partition coefficient (Wildman–Crippen LogP) is 3.88. The van der Waals surface area contributed by atoms with E-state index in [0.717, 1.165) is 4.90 Å². The molecular weight excluding hydrogens is 339 g/mol. The Bertz CT molecular complexity index is 677. The van der Waals surface area contributed by atoms with Crippen LogP contribution in [0.2, 0.25) is 10.0 Å². The average Bonchev–Trinajstić information content (AvgIpc) is 2.74. The van der Waals surface area contributed by atoms with E-state index in [0.29, 0.717) is 29.4 Å². The van der Waals surface area contributed by atoms with Crippen LogP contribution in [0.1, 0.15) is 20.3 Å². The fourth-order valence-corrected chi connectivity index (χ4v) is 3.25. The number of fused-ring (bicyclic) bond motifs is 1. The number of imide groups is 1. The number of hydrogen-bond acceptors (Lipinski definition) is 3. The number of urea groups is 1. The maximum atomic E-state index is 12.6. The summed E-state index contributed by atoms with van der Waals surface area (Å²) in [6.45, 7) is 4.15. The molecule has 1 aromatic rings. The number of nitrogens with zero attached hydrogens (tertiary/aromatic N) is 2. The maximum Gasteiger partial charge on any atom is 0.332 e. The molecule has 0 saturated carbocycles. The molecule has 3 amide bonds. The Morgan fingerprint density at radius 3 is 2.57 bits per heavy atom. The van der Waals surface area contributed by atoms with Crippen LogP contribution < -0.4 is 9.64 Å². The normalized spacial score (nSPS) is 20.5. The number of hydrogen-bond donors (Lipinski definition) is 0. The number of halogens is 2. The van der Waals surface area contributed by atoms with Gasteiger partial charge in [0.25, 0.3) is 5.91 Å². The summed E-state index contributed by atoms with van der Waals surface area (Å²) in [5, 5.41) is 0.576. The van der Waals surface area contributed by atoms with Crippen molar-refractivity contribution in [1.29, 1.82) is 0 Å². The molecule has 0 aromatic heterocycles. The first-order valence-electron chi connectivity index (χ1n) is 7.35. The number of anilines is 1. The molecule has 0 spiro atoms. The molecule has 1 saturated heterocycles. The van der Waals surface area contributed by atoms with E-state index < -0.39 is 6.04 Å². The van der Waals surface area contributed by atoms with Gasteiger partial charge in [-0.2, -0.15) is 0 Å². The summed E-state index contributed by atoms with van der Waals surface area (Å²) in [6.07, 6.45) is 4.21. The maximum absolute atomic E-state index is 12.6. The molecule has 122 valence electrons. The number of carbonyl (C=O) groups is 2. The van der Waals surface area contributed by atoms with Crippen molar-refractivity contribution in [3.8, 4) is 5.75 Å². The standard InChI is InChI=1S/C16H16Cl2N2O3/c1-9(2)23-14-8-13(10(17)7-11(14)18)20-15(21)12-5-3-4-6-19(12)16(20)22/h3-4,7-9,12H,5-6H2,1-2H3. The fourth-order valence-electron chi connectivity index (χ4n) is 2.74. The Morgan fingerprint density at radius 1 is 1.17 bits per heavy atom. The van der Waals surface area contributed by atoms with Crippen LogP contribution in [0.15, 0.2) is 24.3 Å². The minimum Gasteiger partial charge on any atom is -0.489 e. The summed E-state index contributed by atoms with van der Waals surface area (Å²) in [7, 11) is 0. The van der Waals surface area contributed by atoms with E-state index in [-0.39, 0.29) is 23.1 Å². The zero-order valence-corrected chi connectivity index (χ0v) is 14.3. The molecule has 0 radical (unpaired) electrons. The van der Waals surface area contributed by atoms with Gasteiger partial charge in [-0.3, -0.25) is 4.79 Å². The van der Waals surface area contributed by atoms with Crippen LogP contribution in [0.25, 0.3) is 0 Å². The summed E-state index contributed by atoms with van der Waals surface area (Å²) in [4.78, 5) is 27.9. The Labute approximate surface area is 144 Å². The number of amides is 3. The van der Waals surface area contributed by atoms with Crippen molar-refractivity contribution in [1.82, 2.24) is 4.90 Å². The molecule has 23 heavy (non-hydrogen) atoms. The average molecular weight is 355 g/mol. The first-order chi connectivity index (χ1) is 10.9. The molecule has 1 fully saturated rings. The molecule has 0 bridgehead atoms. The fraction of sp³-hybridized carbons (Fsp3) is 0.375. The quantitative estimate of drug-likeness (QED) is 0.611. The summed E-state index contributed by atoms with van der Waals surface area (Å²) in [5.41, 5.74) is 0.302. The van der Waals surface area contributed by atoms with Gasteiger partial charge in [-0.05, 0) is 26.3 Å². The van der Waals surface area contributed by atoms with Gasteiger partial charge in [0.2, 0.25) is 0 Å². The third-order valence-corrected chi connectivity index (χ3v) is 4.35. The lowest BCUT2D eigenvalue weighted by molar-refractivity contribution is -0.119. The van der Waals surface area contributed by atoms with Gasteiger partial charge in [0, 0.05) is 12.6 Å². The second kappa shape index (κ2) is 6.06. The Hall–Kier alpha value is -1.72. The molecule has 2 aliphatic heterocycles. The van der Waals surface area contributed by atoms with Crippen LogP contribution >= 0.6 is 23.2 Å². The molecule has 2 heterocycles. The monoisotopic (exact) mass is 354 g/mol. The van der Waals surface area contributed by atoms with E-state index in [1.807, 2.05) is 26.0 Å². The van der Waals surface area contributed by atoms with Crippen molar-refractivity contribution in [3.63, 3.8) is 0 Å². The van der Waals surface area contributed by atoms with Crippen LogP contribution in [-0.2, 0) is 4.79 Å². The molecule has 5 nitrogen and oxygen atoms in total. The highest BCUT2D eigenvalue weighted by molar-refractivity contribution is 6.39. The Balaban J connectivity index is 2.01. The molecule has 7 heteroatoms. The Kier molecular flexibility index (Phi) is 4.25. The smallest absolute Gasteiger partial charge is 0.332 e. The summed E-state index contributed by atoms with van der Waals surface area (Å²) in [5.74, 6) is 0.115. The minimum absolute atomic E-state index is 0.0953. The number of rotatable bonds is 3. The minimum atomic E-state index is -0.464. The van der Waals surface area contributed by atoms with Crippen LogP contribution in [0, 0.1) is 0 Å². The lowest BCUT2D eigenvalue weighted by atomic mass is 10.1. The largest absolute Gasteiger partial charge is 0.489 e. The molecule has 1 aromatic carbocycles. The van der Waals surface area contributed by atoms with Gasteiger partial charge in [0.1, 0.15) is 11.8 Å². The summed E-state index contributed by atoms with van der Waals surface area (Å²) in [6, 6.07) is 2.20. The second-order valence-corrected chi connectivity index (χ2v) is 6.55. The zero-order chi connectivity index (χ0) is 16.7. The molecule has 2 aliphatic rings. The van der Waals surface area contributed by atoms with Crippen molar-refractivity contribution >= 4 is 40.8 Å². The lowest BCUT2D eigenvalue weighted by Gasteiger charge is -2.22. The van der Waals surface area contributed by atoms with E-state index in [4.69, 9.17) is 27.9 Å². The van der Waals surface area contributed by atoms with Crippen LogP contribution in [-0.4, -0.2) is 35.5 Å². The lowest BCUT2D eigenvalue weighted by Crippen LogP contribution is -2.37. The summed E-state index contributed by atoms with van der Waals surface area (Å²) < 4.78 is 5.62. The third-order valence-electron chi connectivity index (χ3n) is 3.75. The highest BCUT2D eigenvalue weighted by Crippen LogP contribution is 2.39. The molecule has 1 atom stereocenters. The topological polar surface area (TPSA) is 49.9 Å². The van der Waals surface area contributed by atoms with Crippen molar-refractivity contribution in [2.45, 2.75) is 32.4 Å².